The first-order chi connectivity index (χ1) is 12.5. The molecule has 2 amide bonds. The van der Waals surface area contributed by atoms with Crippen LogP contribution in [0.5, 0.6) is 0 Å². The van der Waals surface area contributed by atoms with E-state index < -0.39 is 10.8 Å². The molecule has 7 heteroatoms. The van der Waals surface area contributed by atoms with E-state index >= 15 is 0 Å². The molecule has 136 valence electrons. The van der Waals surface area contributed by atoms with Crippen LogP contribution in [0.2, 0.25) is 0 Å². The molecule has 0 spiro atoms. The highest BCUT2D eigenvalue weighted by molar-refractivity contribution is 6.05. The van der Waals surface area contributed by atoms with Crippen molar-refractivity contribution in [3.05, 3.63) is 64.2 Å². The molecular formula is C19H21N3O4. The molecule has 0 saturated carbocycles. The minimum atomic E-state index is -0.549. The molecule has 0 heterocycles. The number of amides is 2. The predicted octanol–water partition coefficient (Wildman–Crippen LogP) is 4.37. The van der Waals surface area contributed by atoms with Gasteiger partial charge >= 0.3 is 0 Å². The number of nitrogens with zero attached hydrogens (tertiary/aromatic N) is 1. The Balaban J connectivity index is 1.99. The molecule has 0 unspecified atom stereocenters. The number of carbonyl (C=O) groups excluding carboxylic acids is 2. The van der Waals surface area contributed by atoms with E-state index in [-0.39, 0.29) is 17.3 Å². The number of benzene rings is 2. The molecule has 0 saturated heterocycles. The summed E-state index contributed by atoms with van der Waals surface area (Å²) in [4.78, 5) is 34.5. The van der Waals surface area contributed by atoms with Gasteiger partial charge in [0.25, 0.3) is 11.6 Å². The second kappa shape index (κ2) is 9.31. The van der Waals surface area contributed by atoms with Gasteiger partial charge in [0.05, 0.1) is 4.92 Å². The van der Waals surface area contributed by atoms with Gasteiger partial charge in [-0.3, -0.25) is 19.7 Å². The fraction of sp³-hybridized carbons (Fsp3) is 0.263. The van der Waals surface area contributed by atoms with Crippen LogP contribution in [-0.4, -0.2) is 16.7 Å². The Morgan fingerprint density at radius 1 is 1.00 bits per heavy atom. The number of rotatable bonds is 8. The maximum Gasteiger partial charge on any atom is 0.292 e. The Morgan fingerprint density at radius 2 is 1.69 bits per heavy atom. The van der Waals surface area contributed by atoms with Crippen molar-refractivity contribution in [3.8, 4) is 0 Å². The molecule has 2 N–H and O–H groups in total. The van der Waals surface area contributed by atoms with Crippen LogP contribution in [0.15, 0.2) is 48.5 Å². The predicted molar refractivity (Wildman–Crippen MR) is 100 cm³/mol. The number of hydrogen-bond acceptors (Lipinski definition) is 4. The van der Waals surface area contributed by atoms with Crippen molar-refractivity contribution in [3.63, 3.8) is 0 Å². The first kappa shape index (κ1) is 19.1. The summed E-state index contributed by atoms with van der Waals surface area (Å²) in [5, 5.41) is 16.3. The van der Waals surface area contributed by atoms with Crippen LogP contribution in [0.25, 0.3) is 0 Å². The molecule has 0 bridgehead atoms. The molecule has 0 radical (unpaired) electrons. The molecule has 0 atom stereocenters. The summed E-state index contributed by atoms with van der Waals surface area (Å²) in [6.45, 7) is 2.08. The third-order valence-corrected chi connectivity index (χ3v) is 3.79. The standard InChI is InChI=1S/C19H21N3O4/c1-2-3-4-9-18(23)20-15-12-10-14(11-13-15)19(24)21-16-7-5-6-8-17(16)22(25)26/h5-8,10-13H,2-4,9H2,1H3,(H,20,23)(H,21,24). The largest absolute Gasteiger partial charge is 0.326 e. The first-order valence-electron chi connectivity index (χ1n) is 8.46. The number of nitro benzene ring substituents is 1. The normalized spacial score (nSPS) is 10.2. The van der Waals surface area contributed by atoms with Crippen molar-refractivity contribution < 1.29 is 14.5 Å². The second-order valence-electron chi connectivity index (χ2n) is 5.81. The molecule has 2 aromatic carbocycles. The number of carbonyl (C=O) groups is 2. The van der Waals surface area contributed by atoms with Crippen LogP contribution in [0, 0.1) is 10.1 Å². The summed E-state index contributed by atoms with van der Waals surface area (Å²) in [5.74, 6) is -0.518. The summed E-state index contributed by atoms with van der Waals surface area (Å²) < 4.78 is 0. The van der Waals surface area contributed by atoms with Gasteiger partial charge in [-0.05, 0) is 36.8 Å². The van der Waals surface area contributed by atoms with Crippen molar-refractivity contribution in [2.45, 2.75) is 32.6 Å². The minimum absolute atomic E-state index is 0.0597. The molecule has 0 fully saturated rings. The van der Waals surface area contributed by atoms with E-state index in [1.807, 2.05) is 0 Å². The van der Waals surface area contributed by atoms with Crippen molar-refractivity contribution in [1.29, 1.82) is 0 Å². The summed E-state index contributed by atoms with van der Waals surface area (Å²) in [6, 6.07) is 12.3. The lowest BCUT2D eigenvalue weighted by Gasteiger charge is -2.08. The van der Waals surface area contributed by atoms with Crippen LogP contribution in [0.3, 0.4) is 0 Å². The first-order valence-corrected chi connectivity index (χ1v) is 8.46. The Hall–Kier alpha value is -3.22. The fourth-order valence-electron chi connectivity index (χ4n) is 2.40. The van der Waals surface area contributed by atoms with Gasteiger partial charge in [-0.1, -0.05) is 31.9 Å². The quantitative estimate of drug-likeness (QED) is 0.417. The van der Waals surface area contributed by atoms with Gasteiger partial charge in [0.2, 0.25) is 5.91 Å². The summed E-state index contributed by atoms with van der Waals surface area (Å²) in [6.07, 6.45) is 3.38. The van der Waals surface area contributed by atoms with Crippen molar-refractivity contribution in [2.24, 2.45) is 0 Å². The van der Waals surface area contributed by atoms with Crippen LogP contribution in [0.1, 0.15) is 43.0 Å². The Morgan fingerprint density at radius 3 is 2.35 bits per heavy atom. The van der Waals surface area contributed by atoms with Gasteiger partial charge in [0, 0.05) is 23.7 Å². The molecule has 0 aromatic heterocycles. The number of para-hydroxylation sites is 2. The lowest BCUT2D eigenvalue weighted by Crippen LogP contribution is -2.14. The fourth-order valence-corrected chi connectivity index (χ4v) is 2.40. The third-order valence-electron chi connectivity index (χ3n) is 3.79. The number of nitro groups is 1. The molecule has 7 nitrogen and oxygen atoms in total. The van der Waals surface area contributed by atoms with Gasteiger partial charge in [0.1, 0.15) is 5.69 Å². The van der Waals surface area contributed by atoms with Gasteiger partial charge in [-0.2, -0.15) is 0 Å². The van der Waals surface area contributed by atoms with Crippen LogP contribution in [-0.2, 0) is 4.79 Å². The number of unbranched alkanes of at least 4 members (excludes halogenated alkanes) is 2. The summed E-state index contributed by atoms with van der Waals surface area (Å²) in [5.41, 5.74) is 0.911. The van der Waals surface area contributed by atoms with Crippen LogP contribution in [0.4, 0.5) is 17.1 Å². The van der Waals surface area contributed by atoms with Gasteiger partial charge in [-0.25, -0.2) is 0 Å². The monoisotopic (exact) mass is 355 g/mol. The Bertz CT molecular complexity index is 788. The summed E-state index contributed by atoms with van der Waals surface area (Å²) in [7, 11) is 0. The maximum absolute atomic E-state index is 12.3. The maximum atomic E-state index is 12.3. The Kier molecular flexibility index (Phi) is 6.84. The van der Waals surface area contributed by atoms with Crippen molar-refractivity contribution in [1.82, 2.24) is 0 Å². The van der Waals surface area contributed by atoms with Crippen LogP contribution < -0.4 is 10.6 Å². The lowest BCUT2D eigenvalue weighted by molar-refractivity contribution is -0.383. The van der Waals surface area contributed by atoms with Crippen LogP contribution >= 0.6 is 0 Å². The van der Waals surface area contributed by atoms with E-state index in [0.29, 0.717) is 17.7 Å². The molecule has 0 aliphatic carbocycles. The number of nitrogens with one attached hydrogen (secondary N) is 2. The van der Waals surface area contributed by atoms with Gasteiger partial charge in [-0.15, -0.1) is 0 Å². The molecule has 2 aromatic rings. The minimum Gasteiger partial charge on any atom is -0.326 e. The molecule has 2 rings (SSSR count). The van der Waals surface area contributed by atoms with E-state index in [0.717, 1.165) is 19.3 Å². The highest BCUT2D eigenvalue weighted by Gasteiger charge is 2.15. The Labute approximate surface area is 151 Å². The summed E-state index contributed by atoms with van der Waals surface area (Å²) >= 11 is 0. The lowest BCUT2D eigenvalue weighted by atomic mass is 10.1. The van der Waals surface area contributed by atoms with Gasteiger partial charge in [0.15, 0.2) is 0 Å². The number of hydrogen-bond donors (Lipinski definition) is 2. The molecule has 0 aliphatic rings. The van der Waals surface area contributed by atoms with Gasteiger partial charge < -0.3 is 10.6 Å². The van der Waals surface area contributed by atoms with E-state index in [9.17, 15) is 19.7 Å². The van der Waals surface area contributed by atoms with E-state index in [2.05, 4.69) is 17.6 Å². The number of anilines is 2. The average molecular weight is 355 g/mol. The topological polar surface area (TPSA) is 101 Å². The zero-order valence-electron chi connectivity index (χ0n) is 14.5. The van der Waals surface area contributed by atoms with E-state index in [4.69, 9.17) is 0 Å². The second-order valence-corrected chi connectivity index (χ2v) is 5.81. The zero-order chi connectivity index (χ0) is 18.9. The zero-order valence-corrected chi connectivity index (χ0v) is 14.5. The van der Waals surface area contributed by atoms with Crippen molar-refractivity contribution in [2.75, 3.05) is 10.6 Å². The average Bonchev–Trinajstić information content (AvgIpc) is 2.62. The highest BCUT2D eigenvalue weighted by Crippen LogP contribution is 2.24. The molecule has 0 aliphatic heterocycles. The molecular weight excluding hydrogens is 334 g/mol. The van der Waals surface area contributed by atoms with Crippen molar-refractivity contribution >= 4 is 28.9 Å². The highest BCUT2D eigenvalue weighted by atomic mass is 16.6. The smallest absolute Gasteiger partial charge is 0.292 e. The van der Waals surface area contributed by atoms with E-state index in [1.165, 1.54) is 18.2 Å². The third kappa shape index (κ3) is 5.41. The van der Waals surface area contributed by atoms with E-state index in [1.54, 1.807) is 30.3 Å². The molecule has 26 heavy (non-hydrogen) atoms. The SMILES string of the molecule is CCCCCC(=O)Nc1ccc(C(=O)Nc2ccccc2[N+](=O)[O-])cc1.